The molecule has 3 aromatic rings. The average molecular weight is 386 g/mol. The summed E-state index contributed by atoms with van der Waals surface area (Å²) in [7, 11) is 0. The molecule has 4 rings (SSSR count). The van der Waals surface area contributed by atoms with Gasteiger partial charge in [-0.2, -0.15) is 0 Å². The molecule has 1 heterocycles. The summed E-state index contributed by atoms with van der Waals surface area (Å²) in [6, 6.07) is 28.4. The number of amides is 1. The topological polar surface area (TPSA) is 35.6 Å². The summed E-state index contributed by atoms with van der Waals surface area (Å²) in [6.45, 7) is 5.63. The molecule has 1 saturated heterocycles. The zero-order valence-corrected chi connectivity index (χ0v) is 16.6. The molecule has 0 bridgehead atoms. The molecule has 0 spiro atoms. The molecule has 1 aliphatic rings. The van der Waals surface area contributed by atoms with Crippen molar-refractivity contribution in [1.82, 2.24) is 10.2 Å². The van der Waals surface area contributed by atoms with Crippen LogP contribution in [-0.2, 0) is 13.1 Å². The second kappa shape index (κ2) is 9.39. The molecule has 1 N–H and O–H groups in total. The van der Waals surface area contributed by atoms with E-state index in [9.17, 15) is 4.79 Å². The summed E-state index contributed by atoms with van der Waals surface area (Å²) in [5.41, 5.74) is 4.47. The normalized spacial score (nSPS) is 14.6. The molecule has 4 heteroatoms. The summed E-state index contributed by atoms with van der Waals surface area (Å²) in [5, 5.41) is 3.06. The Morgan fingerprint density at radius 3 is 2.00 bits per heavy atom. The minimum Gasteiger partial charge on any atom is -0.369 e. The van der Waals surface area contributed by atoms with Gasteiger partial charge in [0.15, 0.2) is 0 Å². The van der Waals surface area contributed by atoms with E-state index in [1.165, 1.54) is 16.8 Å². The van der Waals surface area contributed by atoms with Crippen LogP contribution in [0, 0.1) is 0 Å². The summed E-state index contributed by atoms with van der Waals surface area (Å²) >= 11 is 0. The number of para-hydroxylation sites is 1. The lowest BCUT2D eigenvalue weighted by atomic mass is 10.1. The largest absolute Gasteiger partial charge is 0.369 e. The zero-order valence-electron chi connectivity index (χ0n) is 16.6. The van der Waals surface area contributed by atoms with E-state index in [0.29, 0.717) is 12.1 Å². The lowest BCUT2D eigenvalue weighted by molar-refractivity contribution is 0.0950. The predicted octanol–water partition coefficient (Wildman–Crippen LogP) is 3.94. The van der Waals surface area contributed by atoms with Crippen molar-refractivity contribution in [3.63, 3.8) is 0 Å². The minimum atomic E-state index is -0.0307. The SMILES string of the molecule is O=C(NCc1ccccc1CN1CCN(c2ccccc2)CC1)c1ccccc1. The first-order chi connectivity index (χ1) is 14.3. The van der Waals surface area contributed by atoms with E-state index in [-0.39, 0.29) is 5.91 Å². The summed E-state index contributed by atoms with van der Waals surface area (Å²) in [4.78, 5) is 17.3. The van der Waals surface area contributed by atoms with Crippen LogP contribution in [0.4, 0.5) is 5.69 Å². The number of nitrogens with one attached hydrogen (secondary N) is 1. The molecule has 1 aliphatic heterocycles. The van der Waals surface area contributed by atoms with Crippen molar-refractivity contribution in [2.24, 2.45) is 0 Å². The molecule has 1 amide bonds. The monoisotopic (exact) mass is 385 g/mol. The number of benzene rings is 3. The summed E-state index contributed by atoms with van der Waals surface area (Å²) < 4.78 is 0. The van der Waals surface area contributed by atoms with Gasteiger partial charge in [-0.1, -0.05) is 60.7 Å². The third kappa shape index (κ3) is 5.04. The van der Waals surface area contributed by atoms with Gasteiger partial charge in [-0.25, -0.2) is 0 Å². The molecule has 148 valence electrons. The van der Waals surface area contributed by atoms with Crippen LogP contribution in [0.25, 0.3) is 0 Å². The maximum Gasteiger partial charge on any atom is 0.251 e. The molecular formula is C25H27N3O. The highest BCUT2D eigenvalue weighted by molar-refractivity contribution is 5.94. The molecule has 0 saturated carbocycles. The second-order valence-electron chi connectivity index (χ2n) is 7.42. The Bertz CT molecular complexity index is 919. The van der Waals surface area contributed by atoms with E-state index >= 15 is 0 Å². The molecule has 29 heavy (non-hydrogen) atoms. The fraction of sp³-hybridized carbons (Fsp3) is 0.240. The van der Waals surface area contributed by atoms with E-state index in [0.717, 1.165) is 32.7 Å². The average Bonchev–Trinajstić information content (AvgIpc) is 2.80. The van der Waals surface area contributed by atoms with Gasteiger partial charge >= 0.3 is 0 Å². The van der Waals surface area contributed by atoms with Crippen molar-refractivity contribution in [2.75, 3.05) is 31.1 Å². The highest BCUT2D eigenvalue weighted by Gasteiger charge is 2.18. The van der Waals surface area contributed by atoms with Crippen LogP contribution in [0.2, 0.25) is 0 Å². The van der Waals surface area contributed by atoms with E-state index in [4.69, 9.17) is 0 Å². The van der Waals surface area contributed by atoms with Crippen LogP contribution in [0.1, 0.15) is 21.5 Å². The number of hydrogen-bond acceptors (Lipinski definition) is 3. The van der Waals surface area contributed by atoms with E-state index in [1.54, 1.807) is 0 Å². The third-order valence-corrected chi connectivity index (χ3v) is 5.48. The number of rotatable bonds is 6. The molecule has 1 fully saturated rings. The molecule has 0 unspecified atom stereocenters. The van der Waals surface area contributed by atoms with Gasteiger partial charge in [0.05, 0.1) is 0 Å². The Labute approximate surface area is 172 Å². The number of carbonyl (C=O) groups excluding carboxylic acids is 1. The van der Waals surface area contributed by atoms with Crippen molar-refractivity contribution in [3.8, 4) is 0 Å². The van der Waals surface area contributed by atoms with Gasteiger partial charge in [0.1, 0.15) is 0 Å². The van der Waals surface area contributed by atoms with Crippen LogP contribution < -0.4 is 10.2 Å². The van der Waals surface area contributed by atoms with Crippen molar-refractivity contribution in [3.05, 3.63) is 102 Å². The standard InChI is InChI=1S/C25H27N3O/c29-25(21-9-3-1-4-10-21)26-19-22-11-7-8-12-23(22)20-27-15-17-28(18-16-27)24-13-5-2-6-14-24/h1-14H,15-20H2,(H,26,29). The maximum atomic E-state index is 12.4. The van der Waals surface area contributed by atoms with Crippen molar-refractivity contribution in [2.45, 2.75) is 13.1 Å². The number of nitrogens with zero attached hydrogens (tertiary/aromatic N) is 2. The fourth-order valence-corrected chi connectivity index (χ4v) is 3.80. The van der Waals surface area contributed by atoms with Gasteiger partial charge in [-0.3, -0.25) is 9.69 Å². The maximum absolute atomic E-state index is 12.4. The highest BCUT2D eigenvalue weighted by Crippen LogP contribution is 2.18. The number of hydrogen-bond donors (Lipinski definition) is 1. The van der Waals surface area contributed by atoms with Crippen LogP contribution in [-0.4, -0.2) is 37.0 Å². The molecule has 3 aromatic carbocycles. The smallest absolute Gasteiger partial charge is 0.251 e. The Kier molecular flexibility index (Phi) is 6.22. The van der Waals surface area contributed by atoms with Crippen LogP contribution in [0.15, 0.2) is 84.9 Å². The number of carbonyl (C=O) groups is 1. The Morgan fingerprint density at radius 2 is 1.31 bits per heavy atom. The van der Waals surface area contributed by atoms with Crippen molar-refractivity contribution in [1.29, 1.82) is 0 Å². The first-order valence-electron chi connectivity index (χ1n) is 10.2. The van der Waals surface area contributed by atoms with Gasteiger partial charge < -0.3 is 10.2 Å². The van der Waals surface area contributed by atoms with Crippen LogP contribution in [0.5, 0.6) is 0 Å². The van der Waals surface area contributed by atoms with E-state index in [1.807, 2.05) is 36.4 Å². The Morgan fingerprint density at radius 1 is 0.724 bits per heavy atom. The minimum absolute atomic E-state index is 0.0307. The molecular weight excluding hydrogens is 358 g/mol. The predicted molar refractivity (Wildman–Crippen MR) is 118 cm³/mol. The van der Waals surface area contributed by atoms with Crippen molar-refractivity contribution >= 4 is 11.6 Å². The first-order valence-corrected chi connectivity index (χ1v) is 10.2. The molecule has 0 aromatic heterocycles. The van der Waals surface area contributed by atoms with E-state index < -0.39 is 0 Å². The zero-order chi connectivity index (χ0) is 19.9. The van der Waals surface area contributed by atoms with Crippen LogP contribution >= 0.6 is 0 Å². The lowest BCUT2D eigenvalue weighted by Gasteiger charge is -2.36. The molecule has 0 atom stereocenters. The van der Waals surface area contributed by atoms with E-state index in [2.05, 4.69) is 63.6 Å². The van der Waals surface area contributed by atoms with Gasteiger partial charge in [-0.15, -0.1) is 0 Å². The highest BCUT2D eigenvalue weighted by atomic mass is 16.1. The fourth-order valence-electron chi connectivity index (χ4n) is 3.80. The Balaban J connectivity index is 1.34. The number of anilines is 1. The quantitative estimate of drug-likeness (QED) is 0.698. The summed E-state index contributed by atoms with van der Waals surface area (Å²) in [5.74, 6) is -0.0307. The molecule has 4 nitrogen and oxygen atoms in total. The first kappa shape index (κ1) is 19.2. The molecule has 0 aliphatic carbocycles. The number of piperazine rings is 1. The van der Waals surface area contributed by atoms with Crippen molar-refractivity contribution < 1.29 is 4.79 Å². The van der Waals surface area contributed by atoms with Gasteiger partial charge in [0.2, 0.25) is 0 Å². The molecule has 0 radical (unpaired) electrons. The Hall–Kier alpha value is -3.11. The van der Waals surface area contributed by atoms with Crippen LogP contribution in [0.3, 0.4) is 0 Å². The summed E-state index contributed by atoms with van der Waals surface area (Å²) in [6.07, 6.45) is 0. The lowest BCUT2D eigenvalue weighted by Crippen LogP contribution is -2.46. The van der Waals surface area contributed by atoms with Gasteiger partial charge in [0.25, 0.3) is 5.91 Å². The van der Waals surface area contributed by atoms with Gasteiger partial charge in [-0.05, 0) is 35.4 Å². The second-order valence-corrected chi connectivity index (χ2v) is 7.42. The third-order valence-electron chi connectivity index (χ3n) is 5.48. The van der Waals surface area contributed by atoms with Gasteiger partial charge in [0, 0.05) is 50.5 Å².